The van der Waals surface area contributed by atoms with Crippen molar-refractivity contribution in [3.8, 4) is 0 Å². The molecule has 0 unspecified atom stereocenters. The maximum Gasteiger partial charge on any atom is 0.227 e. The van der Waals surface area contributed by atoms with Gasteiger partial charge in [0.2, 0.25) is 11.9 Å². The van der Waals surface area contributed by atoms with Crippen molar-refractivity contribution in [2.24, 2.45) is 5.92 Å². The molecule has 2 heterocycles. The molecule has 7 heteroatoms. The molecule has 1 aliphatic carbocycles. The molecule has 1 saturated heterocycles. The van der Waals surface area contributed by atoms with E-state index in [9.17, 15) is 4.79 Å². The lowest BCUT2D eigenvalue weighted by molar-refractivity contribution is -0.117. The lowest BCUT2D eigenvalue weighted by Crippen LogP contribution is -2.37. The molecule has 2 aliphatic rings. The number of nitrogens with one attached hydrogen (secondary N) is 1. The third kappa shape index (κ3) is 4.14. The zero-order valence-electron chi connectivity index (χ0n) is 14.6. The monoisotopic (exact) mass is 333 g/mol. The number of carbonyl (C=O) groups is 1. The molecule has 0 atom stereocenters. The second-order valence-corrected chi connectivity index (χ2v) is 6.80. The molecular formula is C17H27N5O2. The van der Waals surface area contributed by atoms with Crippen molar-refractivity contribution in [1.82, 2.24) is 9.97 Å². The van der Waals surface area contributed by atoms with Gasteiger partial charge in [-0.1, -0.05) is 12.8 Å². The number of carbonyl (C=O) groups excluding carboxylic acids is 1. The van der Waals surface area contributed by atoms with E-state index in [1.54, 1.807) is 6.20 Å². The van der Waals surface area contributed by atoms with Crippen LogP contribution in [0.5, 0.6) is 0 Å². The van der Waals surface area contributed by atoms with Gasteiger partial charge in [-0.25, -0.2) is 4.98 Å². The molecule has 0 radical (unpaired) electrons. The van der Waals surface area contributed by atoms with Gasteiger partial charge in [0.1, 0.15) is 5.69 Å². The van der Waals surface area contributed by atoms with Crippen LogP contribution in [0.3, 0.4) is 0 Å². The van der Waals surface area contributed by atoms with Crippen LogP contribution in [0, 0.1) is 5.92 Å². The minimum atomic E-state index is 0.0627. The van der Waals surface area contributed by atoms with Crippen molar-refractivity contribution < 1.29 is 9.53 Å². The van der Waals surface area contributed by atoms with Gasteiger partial charge < -0.3 is 19.9 Å². The lowest BCUT2D eigenvalue weighted by Gasteiger charge is -2.28. The minimum Gasteiger partial charge on any atom is -0.378 e. The summed E-state index contributed by atoms with van der Waals surface area (Å²) in [5.74, 6) is 2.02. The van der Waals surface area contributed by atoms with Gasteiger partial charge in [-0.2, -0.15) is 4.98 Å². The van der Waals surface area contributed by atoms with Gasteiger partial charge in [0, 0.05) is 33.6 Å². The Labute approximate surface area is 143 Å². The molecule has 0 bridgehead atoms. The van der Waals surface area contributed by atoms with Gasteiger partial charge in [0.15, 0.2) is 5.82 Å². The molecule has 0 spiro atoms. The van der Waals surface area contributed by atoms with Crippen molar-refractivity contribution >= 4 is 23.4 Å². The molecule has 2 fully saturated rings. The first-order chi connectivity index (χ1) is 11.6. The number of anilines is 3. The highest BCUT2D eigenvalue weighted by Crippen LogP contribution is 2.29. The Morgan fingerprint density at radius 1 is 1.33 bits per heavy atom. The van der Waals surface area contributed by atoms with E-state index in [4.69, 9.17) is 4.74 Å². The summed E-state index contributed by atoms with van der Waals surface area (Å²) in [4.78, 5) is 25.4. The molecule has 1 aromatic heterocycles. The summed E-state index contributed by atoms with van der Waals surface area (Å²) in [6.07, 6.45) is 7.15. The molecule has 24 heavy (non-hydrogen) atoms. The van der Waals surface area contributed by atoms with Gasteiger partial charge >= 0.3 is 0 Å². The average molecular weight is 333 g/mol. The summed E-state index contributed by atoms with van der Waals surface area (Å²) >= 11 is 0. The van der Waals surface area contributed by atoms with Crippen LogP contribution in [-0.2, 0) is 9.53 Å². The molecule has 1 aromatic rings. The molecule has 0 aromatic carbocycles. The molecule has 7 nitrogen and oxygen atoms in total. The van der Waals surface area contributed by atoms with Gasteiger partial charge in [-0.3, -0.25) is 4.79 Å². The third-order valence-electron chi connectivity index (χ3n) is 4.70. The number of amides is 1. The highest BCUT2D eigenvalue weighted by atomic mass is 16.5. The highest BCUT2D eigenvalue weighted by Gasteiger charge is 2.21. The van der Waals surface area contributed by atoms with E-state index in [1.165, 1.54) is 25.7 Å². The molecule has 1 saturated carbocycles. The van der Waals surface area contributed by atoms with Crippen LogP contribution >= 0.6 is 0 Å². The molecular weight excluding hydrogens is 306 g/mol. The smallest absolute Gasteiger partial charge is 0.227 e. The summed E-state index contributed by atoms with van der Waals surface area (Å²) in [5, 5.41) is 3.00. The van der Waals surface area contributed by atoms with E-state index in [1.807, 2.05) is 19.0 Å². The number of aromatic nitrogens is 2. The first-order valence-corrected chi connectivity index (χ1v) is 8.80. The number of hydrogen-bond acceptors (Lipinski definition) is 6. The lowest BCUT2D eigenvalue weighted by atomic mass is 10.0. The average Bonchev–Trinajstić information content (AvgIpc) is 3.08. The fraction of sp³-hybridized carbons (Fsp3) is 0.706. The van der Waals surface area contributed by atoms with Crippen LogP contribution in [0.2, 0.25) is 0 Å². The van der Waals surface area contributed by atoms with Crippen LogP contribution < -0.4 is 15.1 Å². The van der Waals surface area contributed by atoms with Crippen LogP contribution in [-0.4, -0.2) is 56.3 Å². The number of nitrogens with zero attached hydrogens (tertiary/aromatic N) is 4. The Hall–Kier alpha value is -1.89. The first kappa shape index (κ1) is 17.0. The number of rotatable bonds is 5. The van der Waals surface area contributed by atoms with E-state index in [0.717, 1.165) is 18.9 Å². The van der Waals surface area contributed by atoms with Crippen molar-refractivity contribution in [2.45, 2.75) is 32.1 Å². The van der Waals surface area contributed by atoms with Crippen molar-refractivity contribution in [1.29, 1.82) is 0 Å². The highest BCUT2D eigenvalue weighted by molar-refractivity contribution is 5.93. The molecule has 132 valence electrons. The largest absolute Gasteiger partial charge is 0.378 e. The zero-order chi connectivity index (χ0) is 16.9. The number of ether oxygens (including phenoxy) is 1. The Morgan fingerprint density at radius 2 is 2.04 bits per heavy atom. The fourth-order valence-corrected chi connectivity index (χ4v) is 3.39. The Kier molecular flexibility index (Phi) is 5.50. The van der Waals surface area contributed by atoms with Gasteiger partial charge in [-0.15, -0.1) is 0 Å². The van der Waals surface area contributed by atoms with Crippen molar-refractivity contribution in [3.05, 3.63) is 6.20 Å². The molecule has 1 aliphatic heterocycles. The normalized spacial score (nSPS) is 18.7. The summed E-state index contributed by atoms with van der Waals surface area (Å²) in [6, 6.07) is 0. The second kappa shape index (κ2) is 7.79. The van der Waals surface area contributed by atoms with E-state index in [2.05, 4.69) is 20.2 Å². The van der Waals surface area contributed by atoms with E-state index < -0.39 is 0 Å². The van der Waals surface area contributed by atoms with Crippen molar-refractivity contribution in [3.63, 3.8) is 0 Å². The zero-order valence-corrected chi connectivity index (χ0v) is 14.6. The molecule has 1 N–H and O–H groups in total. The fourth-order valence-electron chi connectivity index (χ4n) is 3.39. The Bertz CT molecular complexity index is 566. The quantitative estimate of drug-likeness (QED) is 0.887. The third-order valence-corrected chi connectivity index (χ3v) is 4.70. The Morgan fingerprint density at radius 3 is 2.71 bits per heavy atom. The summed E-state index contributed by atoms with van der Waals surface area (Å²) < 4.78 is 5.37. The van der Waals surface area contributed by atoms with E-state index >= 15 is 0 Å². The summed E-state index contributed by atoms with van der Waals surface area (Å²) in [7, 11) is 3.86. The first-order valence-electron chi connectivity index (χ1n) is 8.80. The van der Waals surface area contributed by atoms with Crippen LogP contribution in [0.1, 0.15) is 32.1 Å². The van der Waals surface area contributed by atoms with Crippen LogP contribution in [0.15, 0.2) is 6.20 Å². The number of hydrogen-bond donors (Lipinski definition) is 1. The SMILES string of the molecule is CN(C)c1nc(N2CCOCC2)ncc1NC(=O)CC1CCCC1. The van der Waals surface area contributed by atoms with Gasteiger partial charge in [0.25, 0.3) is 0 Å². The standard InChI is InChI=1S/C17H27N5O2/c1-21(2)16-14(19-15(23)11-13-5-3-4-6-13)12-18-17(20-16)22-7-9-24-10-8-22/h12-13H,3-11H2,1-2H3,(H,19,23). The maximum absolute atomic E-state index is 12.3. The van der Waals surface area contributed by atoms with E-state index in [0.29, 0.717) is 37.2 Å². The van der Waals surface area contributed by atoms with Crippen molar-refractivity contribution in [2.75, 3.05) is 55.5 Å². The molecule has 3 rings (SSSR count). The van der Waals surface area contributed by atoms with Crippen LogP contribution in [0.4, 0.5) is 17.5 Å². The van der Waals surface area contributed by atoms with Gasteiger partial charge in [0.05, 0.1) is 19.4 Å². The Balaban J connectivity index is 1.70. The topological polar surface area (TPSA) is 70.6 Å². The van der Waals surface area contributed by atoms with E-state index in [-0.39, 0.29) is 5.91 Å². The molecule has 1 amide bonds. The maximum atomic E-state index is 12.3. The van der Waals surface area contributed by atoms with Gasteiger partial charge in [-0.05, 0) is 18.8 Å². The van der Waals surface area contributed by atoms with Crippen LogP contribution in [0.25, 0.3) is 0 Å². The number of morpholine rings is 1. The summed E-state index contributed by atoms with van der Waals surface area (Å²) in [6.45, 7) is 2.97. The second-order valence-electron chi connectivity index (χ2n) is 6.80. The predicted octanol–water partition coefficient (Wildman–Crippen LogP) is 1.90. The summed E-state index contributed by atoms with van der Waals surface area (Å²) in [5.41, 5.74) is 0.681. The predicted molar refractivity (Wildman–Crippen MR) is 94.6 cm³/mol. The minimum absolute atomic E-state index is 0.0627.